The highest BCUT2D eigenvalue weighted by Crippen LogP contribution is 2.35. The lowest BCUT2D eigenvalue weighted by molar-refractivity contribution is -0.145. The van der Waals surface area contributed by atoms with Crippen molar-refractivity contribution in [3.05, 3.63) is 31.3 Å². The van der Waals surface area contributed by atoms with Crippen LogP contribution in [0.3, 0.4) is 0 Å². The first-order chi connectivity index (χ1) is 18.9. The fraction of sp³-hybridized carbons (Fsp3) is 0.875. The summed E-state index contributed by atoms with van der Waals surface area (Å²) in [6, 6.07) is 0. The molecule has 0 aliphatic carbocycles. The molecule has 0 saturated heterocycles. The molecule has 39 heavy (non-hydrogen) atoms. The van der Waals surface area contributed by atoms with E-state index in [0.29, 0.717) is 83.8 Å². The number of rotatable bonds is 25. The number of hydrogen-bond donors (Lipinski definition) is 0. The van der Waals surface area contributed by atoms with Crippen molar-refractivity contribution in [2.75, 3.05) is 39.5 Å². The maximum absolute atomic E-state index is 12.1. The molecule has 218 valence electrons. The molecular weight excluding hydrogens is 510 g/mol. The molecule has 0 unspecified atom stereocenters. The van der Waals surface area contributed by atoms with Crippen LogP contribution in [0.25, 0.3) is 31.3 Å². The van der Waals surface area contributed by atoms with Gasteiger partial charge in [-0.2, -0.15) is 0 Å². The molecule has 0 aromatic carbocycles. The summed E-state index contributed by atoms with van der Waals surface area (Å²) in [6.45, 7) is 3.55. The van der Waals surface area contributed by atoms with Crippen LogP contribution < -0.4 is 0 Å². The SMILES string of the molecule is CCC(CCOC(=O)CCCCN=[N+]=[N-])(CCOC(=O)CCCCN=[N+]=[N-])CCOC(=O)CCCCN=[N+]=[N-]. The molecule has 15 heteroatoms. The molecule has 0 spiro atoms. The lowest BCUT2D eigenvalue weighted by Crippen LogP contribution is -2.28. The number of ether oxygens (including phenoxy) is 3. The Labute approximate surface area is 228 Å². The number of azide groups is 3. The zero-order chi connectivity index (χ0) is 29.0. The molecular formula is C24H41N9O6. The van der Waals surface area contributed by atoms with Crippen molar-refractivity contribution >= 4 is 17.9 Å². The van der Waals surface area contributed by atoms with E-state index in [1.54, 1.807) is 0 Å². The second-order valence-electron chi connectivity index (χ2n) is 9.00. The first kappa shape index (κ1) is 35.3. The van der Waals surface area contributed by atoms with Crippen molar-refractivity contribution in [1.82, 2.24) is 0 Å². The van der Waals surface area contributed by atoms with E-state index in [0.717, 1.165) is 0 Å². The van der Waals surface area contributed by atoms with Crippen LogP contribution in [0.15, 0.2) is 15.3 Å². The van der Waals surface area contributed by atoms with E-state index in [2.05, 4.69) is 30.1 Å². The summed E-state index contributed by atoms with van der Waals surface area (Å²) in [6.07, 6.45) is 6.44. The Morgan fingerprint density at radius 2 is 0.897 bits per heavy atom. The van der Waals surface area contributed by atoms with Crippen molar-refractivity contribution in [2.24, 2.45) is 20.8 Å². The van der Waals surface area contributed by atoms with Crippen molar-refractivity contribution in [3.8, 4) is 0 Å². The van der Waals surface area contributed by atoms with Gasteiger partial charge in [0.1, 0.15) is 0 Å². The van der Waals surface area contributed by atoms with Gasteiger partial charge in [0.25, 0.3) is 0 Å². The van der Waals surface area contributed by atoms with E-state index in [1.165, 1.54) is 0 Å². The molecule has 0 fully saturated rings. The fourth-order valence-corrected chi connectivity index (χ4v) is 3.76. The van der Waals surface area contributed by atoms with Gasteiger partial charge in [0, 0.05) is 53.6 Å². The van der Waals surface area contributed by atoms with E-state index in [-0.39, 0.29) is 62.4 Å². The van der Waals surface area contributed by atoms with Crippen molar-refractivity contribution in [3.63, 3.8) is 0 Å². The Balaban J connectivity index is 4.75. The minimum Gasteiger partial charge on any atom is -0.466 e. The molecule has 0 aromatic rings. The Kier molecular flexibility index (Phi) is 22.3. The predicted molar refractivity (Wildman–Crippen MR) is 143 cm³/mol. The summed E-state index contributed by atoms with van der Waals surface area (Å²) in [5.74, 6) is -0.999. The van der Waals surface area contributed by atoms with Crippen LogP contribution in [0, 0.1) is 5.41 Å². The second-order valence-corrected chi connectivity index (χ2v) is 9.00. The van der Waals surface area contributed by atoms with Gasteiger partial charge in [-0.3, -0.25) is 14.4 Å². The Morgan fingerprint density at radius 3 is 1.15 bits per heavy atom. The third-order valence-electron chi connectivity index (χ3n) is 6.29. The van der Waals surface area contributed by atoms with Crippen molar-refractivity contribution < 1.29 is 28.6 Å². The maximum Gasteiger partial charge on any atom is 0.305 e. The summed E-state index contributed by atoms with van der Waals surface area (Å²) in [4.78, 5) is 44.2. The van der Waals surface area contributed by atoms with Gasteiger partial charge in [-0.1, -0.05) is 28.7 Å². The normalized spacial score (nSPS) is 11.6. The summed E-state index contributed by atoms with van der Waals surface area (Å²) < 4.78 is 16.2. The first-order valence-electron chi connectivity index (χ1n) is 13.4. The van der Waals surface area contributed by atoms with Crippen LogP contribution in [0.1, 0.15) is 90.4 Å². The molecule has 0 atom stereocenters. The van der Waals surface area contributed by atoms with Gasteiger partial charge >= 0.3 is 17.9 Å². The average molecular weight is 552 g/mol. The number of esters is 3. The Hall–Kier alpha value is -3.66. The number of unbranched alkanes of at least 4 members (excludes halogenated alkanes) is 3. The van der Waals surface area contributed by atoms with Crippen LogP contribution in [0.5, 0.6) is 0 Å². The Bertz CT molecular complexity index is 759. The molecule has 0 heterocycles. The molecule has 0 N–H and O–H groups in total. The van der Waals surface area contributed by atoms with Gasteiger partial charge in [0.2, 0.25) is 0 Å². The van der Waals surface area contributed by atoms with Crippen LogP contribution in [0.4, 0.5) is 0 Å². The summed E-state index contributed by atoms with van der Waals surface area (Å²) in [5, 5.41) is 10.3. The lowest BCUT2D eigenvalue weighted by atomic mass is 9.76. The minimum atomic E-state index is -0.370. The average Bonchev–Trinajstić information content (AvgIpc) is 2.92. The number of hydrogen-bond acceptors (Lipinski definition) is 9. The highest BCUT2D eigenvalue weighted by molar-refractivity contribution is 5.70. The second kappa shape index (κ2) is 24.7. The van der Waals surface area contributed by atoms with Gasteiger partial charge in [0.05, 0.1) is 19.8 Å². The smallest absolute Gasteiger partial charge is 0.305 e. The topological polar surface area (TPSA) is 225 Å². The number of carbonyl (C=O) groups excluding carboxylic acids is 3. The molecule has 0 radical (unpaired) electrons. The van der Waals surface area contributed by atoms with Crippen LogP contribution in [0.2, 0.25) is 0 Å². The van der Waals surface area contributed by atoms with E-state index in [9.17, 15) is 14.4 Å². The molecule has 0 aliphatic heterocycles. The predicted octanol–water partition coefficient (Wildman–Crippen LogP) is 6.62. The molecule has 0 aromatic heterocycles. The standard InChI is InChI=1S/C24H41N9O6/c1-2-24(12-18-37-21(34)9-3-6-15-28-31-25,13-19-38-22(35)10-4-7-16-29-32-26)14-20-39-23(36)11-5-8-17-30-33-27/h2-20H2,1H3. The van der Waals surface area contributed by atoms with Gasteiger partial charge in [-0.25, -0.2) is 0 Å². The third-order valence-corrected chi connectivity index (χ3v) is 6.29. The van der Waals surface area contributed by atoms with E-state index >= 15 is 0 Å². The summed E-state index contributed by atoms with van der Waals surface area (Å²) in [7, 11) is 0. The van der Waals surface area contributed by atoms with Gasteiger partial charge < -0.3 is 14.2 Å². The lowest BCUT2D eigenvalue weighted by Gasteiger charge is -2.32. The summed E-state index contributed by atoms with van der Waals surface area (Å²) >= 11 is 0. The third kappa shape index (κ3) is 21.0. The number of nitrogens with zero attached hydrogens (tertiary/aromatic N) is 9. The van der Waals surface area contributed by atoms with Crippen LogP contribution >= 0.6 is 0 Å². The molecule has 0 saturated carbocycles. The largest absolute Gasteiger partial charge is 0.466 e. The molecule has 0 bridgehead atoms. The first-order valence-corrected chi connectivity index (χ1v) is 13.4. The Morgan fingerprint density at radius 1 is 0.590 bits per heavy atom. The van der Waals surface area contributed by atoms with Gasteiger partial charge in [0.15, 0.2) is 0 Å². The summed E-state index contributed by atoms with van der Waals surface area (Å²) in [5.41, 5.74) is 24.5. The van der Waals surface area contributed by atoms with Gasteiger partial charge in [-0.05, 0) is 79.8 Å². The van der Waals surface area contributed by atoms with E-state index in [4.69, 9.17) is 30.8 Å². The zero-order valence-electron chi connectivity index (χ0n) is 22.9. The highest BCUT2D eigenvalue weighted by atomic mass is 16.5. The van der Waals surface area contributed by atoms with Crippen LogP contribution in [-0.2, 0) is 28.6 Å². The maximum atomic E-state index is 12.1. The molecule has 0 amide bonds. The van der Waals surface area contributed by atoms with Crippen molar-refractivity contribution in [1.29, 1.82) is 0 Å². The quantitative estimate of drug-likeness (QED) is 0.0302. The monoisotopic (exact) mass is 551 g/mol. The molecule has 0 aliphatic rings. The molecule has 0 rings (SSSR count). The van der Waals surface area contributed by atoms with Gasteiger partial charge in [-0.15, -0.1) is 0 Å². The van der Waals surface area contributed by atoms with Crippen LogP contribution in [-0.4, -0.2) is 57.4 Å². The molecule has 15 nitrogen and oxygen atoms in total. The fourth-order valence-electron chi connectivity index (χ4n) is 3.76. The zero-order valence-corrected chi connectivity index (χ0v) is 22.9. The van der Waals surface area contributed by atoms with E-state index in [1.807, 2.05) is 6.92 Å². The van der Waals surface area contributed by atoms with Crippen molar-refractivity contribution in [2.45, 2.75) is 90.4 Å². The highest BCUT2D eigenvalue weighted by Gasteiger charge is 2.29. The van der Waals surface area contributed by atoms with E-state index < -0.39 is 0 Å². The number of carbonyl (C=O) groups is 3. The minimum absolute atomic E-state index is 0.184.